The molecule has 150 valence electrons. The zero-order chi connectivity index (χ0) is 19.3. The largest absolute Gasteiger partial charge is 0.508 e. The van der Waals surface area contributed by atoms with E-state index in [4.69, 9.17) is 0 Å². The van der Waals surface area contributed by atoms with Gasteiger partial charge in [-0.1, -0.05) is 43.2 Å². The zero-order valence-electron chi connectivity index (χ0n) is 16.6. The molecule has 1 N–H and O–H groups in total. The minimum Gasteiger partial charge on any atom is -0.508 e. The van der Waals surface area contributed by atoms with Crippen LogP contribution in [0.15, 0.2) is 36.4 Å². The van der Waals surface area contributed by atoms with Gasteiger partial charge in [-0.2, -0.15) is 0 Å². The van der Waals surface area contributed by atoms with E-state index < -0.39 is 0 Å². The van der Waals surface area contributed by atoms with Gasteiger partial charge in [0, 0.05) is 51.4 Å². The van der Waals surface area contributed by atoms with E-state index in [2.05, 4.69) is 26.8 Å². The van der Waals surface area contributed by atoms with Gasteiger partial charge in [0.1, 0.15) is 5.75 Å². The lowest BCUT2D eigenvalue weighted by Crippen LogP contribution is -2.49. The van der Waals surface area contributed by atoms with Crippen LogP contribution in [0.2, 0.25) is 0 Å². The van der Waals surface area contributed by atoms with E-state index in [9.17, 15) is 9.90 Å². The first kappa shape index (κ1) is 19.2. The molecule has 0 aromatic heterocycles. The highest BCUT2D eigenvalue weighted by molar-refractivity contribution is 5.87. The first-order valence-electron chi connectivity index (χ1n) is 10.6. The van der Waals surface area contributed by atoms with Crippen LogP contribution >= 0.6 is 0 Å². The van der Waals surface area contributed by atoms with E-state index in [-0.39, 0.29) is 0 Å². The molecule has 2 heterocycles. The Labute approximate surface area is 167 Å². The van der Waals surface area contributed by atoms with Crippen LogP contribution in [0, 0.1) is 0 Å². The fourth-order valence-electron chi connectivity index (χ4n) is 4.43. The van der Waals surface area contributed by atoms with Gasteiger partial charge in [-0.3, -0.25) is 14.6 Å². The number of hydrogen-bond donors (Lipinski definition) is 1. The molecule has 2 aromatic carbocycles. The number of piperazine rings is 1. The third-order valence-corrected chi connectivity index (χ3v) is 6.18. The van der Waals surface area contributed by atoms with Crippen molar-refractivity contribution in [1.29, 1.82) is 0 Å². The van der Waals surface area contributed by atoms with Gasteiger partial charge >= 0.3 is 0 Å². The smallest absolute Gasteiger partial charge is 0.236 e. The molecule has 28 heavy (non-hydrogen) atoms. The van der Waals surface area contributed by atoms with Crippen LogP contribution in [0.3, 0.4) is 0 Å². The van der Waals surface area contributed by atoms with Crippen LogP contribution in [0.1, 0.15) is 31.2 Å². The maximum atomic E-state index is 12.6. The van der Waals surface area contributed by atoms with Crippen molar-refractivity contribution in [3.05, 3.63) is 42.0 Å². The number of amides is 1. The third-order valence-electron chi connectivity index (χ3n) is 6.18. The molecule has 0 spiro atoms. The number of phenols is 1. The normalized spacial score (nSPS) is 19.6. The predicted octanol–water partition coefficient (Wildman–Crippen LogP) is 3.07. The maximum Gasteiger partial charge on any atom is 0.236 e. The lowest BCUT2D eigenvalue weighted by atomic mass is 10.0. The van der Waals surface area contributed by atoms with Crippen LogP contribution in [0.4, 0.5) is 0 Å². The summed E-state index contributed by atoms with van der Waals surface area (Å²) >= 11 is 0. The topological polar surface area (TPSA) is 47.0 Å². The molecule has 0 saturated carbocycles. The third kappa shape index (κ3) is 4.47. The van der Waals surface area contributed by atoms with E-state index in [1.165, 1.54) is 12.8 Å². The average Bonchev–Trinajstić information content (AvgIpc) is 3.01. The van der Waals surface area contributed by atoms with Crippen molar-refractivity contribution in [1.82, 2.24) is 14.7 Å². The van der Waals surface area contributed by atoms with E-state index in [1.54, 1.807) is 6.07 Å². The van der Waals surface area contributed by atoms with E-state index in [0.29, 0.717) is 18.2 Å². The number of benzene rings is 2. The van der Waals surface area contributed by atoms with Gasteiger partial charge in [-0.25, -0.2) is 0 Å². The van der Waals surface area contributed by atoms with Crippen molar-refractivity contribution in [3.63, 3.8) is 0 Å². The molecule has 2 fully saturated rings. The molecule has 0 radical (unpaired) electrons. The van der Waals surface area contributed by atoms with Crippen LogP contribution in [-0.4, -0.2) is 71.5 Å². The number of nitrogens with zero attached hydrogens (tertiary/aromatic N) is 3. The molecule has 0 aliphatic carbocycles. The molecular weight excluding hydrogens is 350 g/mol. The molecule has 2 saturated heterocycles. The summed E-state index contributed by atoms with van der Waals surface area (Å²) in [6.07, 6.45) is 4.80. The Bertz CT molecular complexity index is 807. The number of carbonyl (C=O) groups is 1. The summed E-state index contributed by atoms with van der Waals surface area (Å²) in [7, 11) is 0. The molecule has 2 aliphatic rings. The average molecular weight is 382 g/mol. The summed E-state index contributed by atoms with van der Waals surface area (Å²) in [6, 6.07) is 12.0. The molecule has 0 atom stereocenters. The molecule has 2 aromatic rings. The van der Waals surface area contributed by atoms with Crippen molar-refractivity contribution >= 4 is 16.7 Å². The molecule has 0 unspecified atom stereocenters. The number of hydrogen-bond acceptors (Lipinski definition) is 4. The van der Waals surface area contributed by atoms with E-state index >= 15 is 0 Å². The van der Waals surface area contributed by atoms with Gasteiger partial charge in [-0.15, -0.1) is 0 Å². The Kier molecular flexibility index (Phi) is 6.13. The van der Waals surface area contributed by atoms with Gasteiger partial charge in [0.25, 0.3) is 0 Å². The van der Waals surface area contributed by atoms with Crippen molar-refractivity contribution in [2.75, 3.05) is 45.8 Å². The summed E-state index contributed by atoms with van der Waals surface area (Å²) in [5, 5.41) is 12.7. The van der Waals surface area contributed by atoms with Crippen molar-refractivity contribution < 1.29 is 9.90 Å². The molecule has 5 heteroatoms. The molecule has 4 rings (SSSR count). The van der Waals surface area contributed by atoms with E-state index in [1.807, 2.05) is 18.2 Å². The molecular formula is C23H31N3O2. The fraction of sp³-hybridized carbons (Fsp3) is 0.522. The Morgan fingerprint density at radius 1 is 0.821 bits per heavy atom. The minimum absolute atomic E-state index is 0.294. The van der Waals surface area contributed by atoms with Crippen LogP contribution in [0.5, 0.6) is 5.75 Å². The van der Waals surface area contributed by atoms with Gasteiger partial charge in [0.15, 0.2) is 0 Å². The van der Waals surface area contributed by atoms with Gasteiger partial charge in [0.05, 0.1) is 6.54 Å². The monoisotopic (exact) mass is 381 g/mol. The highest BCUT2D eigenvalue weighted by atomic mass is 16.3. The number of likely N-dealkylation sites (tertiary alicyclic amines) is 1. The highest BCUT2D eigenvalue weighted by Crippen LogP contribution is 2.28. The van der Waals surface area contributed by atoms with Crippen molar-refractivity contribution in [2.24, 2.45) is 0 Å². The predicted molar refractivity (Wildman–Crippen MR) is 112 cm³/mol. The number of carbonyl (C=O) groups excluding carboxylic acids is 1. The quantitative estimate of drug-likeness (QED) is 0.884. The Morgan fingerprint density at radius 3 is 2.25 bits per heavy atom. The maximum absolute atomic E-state index is 12.6. The molecule has 2 aliphatic heterocycles. The highest BCUT2D eigenvalue weighted by Gasteiger charge is 2.23. The first-order valence-corrected chi connectivity index (χ1v) is 10.6. The van der Waals surface area contributed by atoms with Crippen molar-refractivity contribution in [3.8, 4) is 5.75 Å². The summed E-state index contributed by atoms with van der Waals surface area (Å²) in [5.74, 6) is 0.666. The molecule has 5 nitrogen and oxygen atoms in total. The number of aromatic hydroxyl groups is 1. The first-order chi connectivity index (χ1) is 13.7. The van der Waals surface area contributed by atoms with Gasteiger partial charge in [0.2, 0.25) is 5.91 Å². The van der Waals surface area contributed by atoms with Gasteiger partial charge in [-0.05, 0) is 29.7 Å². The fourth-order valence-corrected chi connectivity index (χ4v) is 4.43. The summed E-state index contributed by atoms with van der Waals surface area (Å²) < 4.78 is 0. The minimum atomic E-state index is 0.294. The lowest BCUT2D eigenvalue weighted by Gasteiger charge is -2.35. The SMILES string of the molecule is O=C(CN1CCN(Cc2c(O)ccc3ccccc23)CC1)N1CCCCCC1. The second kappa shape index (κ2) is 8.93. The molecule has 1 amide bonds. The van der Waals surface area contributed by atoms with Crippen LogP contribution in [-0.2, 0) is 11.3 Å². The zero-order valence-corrected chi connectivity index (χ0v) is 16.6. The van der Waals surface area contributed by atoms with Crippen LogP contribution in [0.25, 0.3) is 10.8 Å². The summed E-state index contributed by atoms with van der Waals surface area (Å²) in [6.45, 7) is 6.83. The second-order valence-corrected chi connectivity index (χ2v) is 8.13. The van der Waals surface area contributed by atoms with Gasteiger partial charge < -0.3 is 10.0 Å². The Hall–Kier alpha value is -2.11. The Morgan fingerprint density at radius 2 is 1.50 bits per heavy atom. The number of fused-ring (bicyclic) bond motifs is 1. The number of phenolic OH excluding ortho intramolecular Hbond substituents is 1. The van der Waals surface area contributed by atoms with Crippen molar-refractivity contribution in [2.45, 2.75) is 32.2 Å². The standard InChI is InChI=1S/C23H31N3O2/c27-22-10-9-19-7-3-4-8-20(19)21(22)17-24-13-15-25(16-14-24)18-23(28)26-11-5-1-2-6-12-26/h3-4,7-10,27H,1-2,5-6,11-18H2. The Balaban J connectivity index is 1.32. The summed E-state index contributed by atoms with van der Waals surface area (Å²) in [5.41, 5.74) is 1.01. The lowest BCUT2D eigenvalue weighted by molar-refractivity contribution is -0.132. The second-order valence-electron chi connectivity index (χ2n) is 8.13. The van der Waals surface area contributed by atoms with E-state index in [0.717, 1.165) is 75.0 Å². The molecule has 0 bridgehead atoms. The number of rotatable bonds is 4. The van der Waals surface area contributed by atoms with Crippen LogP contribution < -0.4 is 0 Å². The summed E-state index contributed by atoms with van der Waals surface area (Å²) in [4.78, 5) is 19.4.